The largest absolute Gasteiger partial charge is 0.423 e. The summed E-state index contributed by atoms with van der Waals surface area (Å²) < 4.78 is 36.4. The zero-order valence-corrected chi connectivity index (χ0v) is 8.70. The van der Waals surface area contributed by atoms with Gasteiger partial charge in [0.2, 0.25) is 6.10 Å². The maximum Gasteiger partial charge on any atom is 0.423 e. The molecule has 1 N–H and O–H groups in total. The molecule has 16 heavy (non-hydrogen) atoms. The van der Waals surface area contributed by atoms with Gasteiger partial charge in [-0.2, -0.15) is 13.2 Å². The molecular formula is C10H14F3NO2. The van der Waals surface area contributed by atoms with E-state index in [1.807, 2.05) is 0 Å². The van der Waals surface area contributed by atoms with Crippen LogP contribution < -0.4 is 0 Å². The molecule has 3 atom stereocenters. The van der Waals surface area contributed by atoms with Gasteiger partial charge in [0.15, 0.2) is 0 Å². The minimum Gasteiger partial charge on any atom is -0.376 e. The number of rotatable bonds is 1. The Hall–Kier alpha value is -0.780. The van der Waals surface area contributed by atoms with Gasteiger partial charge in [0.05, 0.1) is 0 Å². The maximum atomic E-state index is 12.1. The lowest BCUT2D eigenvalue weighted by molar-refractivity contribution is -0.210. The molecular weight excluding hydrogens is 223 g/mol. The molecule has 1 aliphatic heterocycles. The number of carbonyl (C=O) groups excluding carboxylic acids is 1. The zero-order chi connectivity index (χ0) is 11.9. The molecule has 6 heteroatoms. The third kappa shape index (κ3) is 2.03. The number of nitrogens with zero attached hydrogens (tertiary/aromatic N) is 1. The quantitative estimate of drug-likeness (QED) is 0.743. The topological polar surface area (TPSA) is 40.5 Å². The smallest absolute Gasteiger partial charge is 0.376 e. The maximum absolute atomic E-state index is 12.1. The van der Waals surface area contributed by atoms with E-state index in [4.69, 9.17) is 5.11 Å². The van der Waals surface area contributed by atoms with Crippen molar-refractivity contribution in [2.75, 3.05) is 13.1 Å². The average Bonchev–Trinajstić information content (AvgIpc) is 2.72. The van der Waals surface area contributed by atoms with E-state index >= 15 is 0 Å². The number of halogens is 3. The first-order valence-corrected chi connectivity index (χ1v) is 5.43. The highest BCUT2D eigenvalue weighted by molar-refractivity contribution is 5.81. The van der Waals surface area contributed by atoms with Gasteiger partial charge in [0.25, 0.3) is 5.91 Å². The zero-order valence-electron chi connectivity index (χ0n) is 8.70. The van der Waals surface area contributed by atoms with Crippen LogP contribution in [0.4, 0.5) is 13.2 Å². The lowest BCUT2D eigenvalue weighted by Crippen LogP contribution is -2.45. The summed E-state index contributed by atoms with van der Waals surface area (Å²) in [6.07, 6.45) is -4.65. The third-order valence-corrected chi connectivity index (χ3v) is 3.58. The van der Waals surface area contributed by atoms with E-state index in [2.05, 4.69) is 0 Å². The van der Waals surface area contributed by atoms with Crippen LogP contribution in [-0.2, 0) is 4.79 Å². The Labute approximate surface area is 91.2 Å². The van der Waals surface area contributed by atoms with Crippen molar-refractivity contribution in [3.8, 4) is 0 Å². The van der Waals surface area contributed by atoms with Gasteiger partial charge in [0, 0.05) is 13.1 Å². The van der Waals surface area contributed by atoms with E-state index in [0.29, 0.717) is 24.9 Å². The molecule has 1 heterocycles. The number of aliphatic hydroxyl groups excluding tert-OH is 1. The van der Waals surface area contributed by atoms with Gasteiger partial charge in [-0.1, -0.05) is 6.42 Å². The SMILES string of the molecule is O=C([C@H](O)C(F)(F)F)N1C[C@H]2CCC[C@H]2C1. The van der Waals surface area contributed by atoms with Crippen molar-refractivity contribution in [1.82, 2.24) is 4.90 Å². The van der Waals surface area contributed by atoms with E-state index in [9.17, 15) is 18.0 Å². The molecule has 0 unspecified atom stereocenters. The highest BCUT2D eigenvalue weighted by Crippen LogP contribution is 2.38. The van der Waals surface area contributed by atoms with Crippen molar-refractivity contribution in [1.29, 1.82) is 0 Å². The molecule has 2 fully saturated rings. The predicted octanol–water partition coefficient (Wildman–Crippen LogP) is 1.17. The molecule has 0 spiro atoms. The Bertz CT molecular complexity index is 280. The molecule has 0 aromatic heterocycles. The summed E-state index contributed by atoms with van der Waals surface area (Å²) in [6.45, 7) is 0.743. The average molecular weight is 237 g/mol. The number of hydrogen-bond donors (Lipinski definition) is 1. The summed E-state index contributed by atoms with van der Waals surface area (Å²) in [7, 11) is 0. The van der Waals surface area contributed by atoms with Crippen LogP contribution >= 0.6 is 0 Å². The van der Waals surface area contributed by atoms with E-state index in [1.54, 1.807) is 0 Å². The van der Waals surface area contributed by atoms with E-state index in [1.165, 1.54) is 0 Å². The molecule has 2 aliphatic rings. The summed E-state index contributed by atoms with van der Waals surface area (Å²) in [5.74, 6) is -0.518. The lowest BCUT2D eigenvalue weighted by Gasteiger charge is -2.22. The van der Waals surface area contributed by atoms with Crippen LogP contribution in [0.3, 0.4) is 0 Å². The van der Waals surface area contributed by atoms with E-state index in [-0.39, 0.29) is 0 Å². The number of amides is 1. The van der Waals surface area contributed by atoms with Crippen LogP contribution in [0.25, 0.3) is 0 Å². The van der Waals surface area contributed by atoms with Crippen molar-refractivity contribution in [3.05, 3.63) is 0 Å². The Balaban J connectivity index is 1.97. The van der Waals surface area contributed by atoms with E-state index < -0.39 is 18.2 Å². The van der Waals surface area contributed by atoms with Crippen LogP contribution in [-0.4, -0.2) is 41.3 Å². The molecule has 1 amide bonds. The fourth-order valence-electron chi connectivity index (χ4n) is 2.73. The number of fused-ring (bicyclic) bond motifs is 1. The van der Waals surface area contributed by atoms with Crippen LogP contribution in [0.15, 0.2) is 0 Å². The highest BCUT2D eigenvalue weighted by Gasteiger charge is 2.48. The Morgan fingerprint density at radius 2 is 1.75 bits per heavy atom. The first kappa shape index (κ1) is 11.7. The predicted molar refractivity (Wildman–Crippen MR) is 49.5 cm³/mol. The first-order valence-electron chi connectivity index (χ1n) is 5.43. The molecule has 3 nitrogen and oxygen atoms in total. The summed E-state index contributed by atoms with van der Waals surface area (Å²) in [5, 5.41) is 8.86. The van der Waals surface area contributed by atoms with Crippen molar-refractivity contribution in [2.24, 2.45) is 11.8 Å². The Kier molecular flexibility index (Phi) is 2.86. The molecule has 2 rings (SSSR count). The van der Waals surface area contributed by atoms with Crippen LogP contribution in [0.5, 0.6) is 0 Å². The molecule has 0 aromatic rings. The molecule has 92 valence electrons. The minimum absolute atomic E-state index is 0.337. The second-order valence-corrected chi connectivity index (χ2v) is 4.64. The Morgan fingerprint density at radius 3 is 2.19 bits per heavy atom. The molecule has 0 bridgehead atoms. The van der Waals surface area contributed by atoms with Crippen molar-refractivity contribution in [3.63, 3.8) is 0 Å². The summed E-state index contributed by atoms with van der Waals surface area (Å²) in [5.41, 5.74) is 0. The molecule has 1 saturated carbocycles. The number of hydrogen-bond acceptors (Lipinski definition) is 2. The first-order chi connectivity index (χ1) is 7.39. The third-order valence-electron chi connectivity index (χ3n) is 3.58. The van der Waals surface area contributed by atoms with Crippen molar-refractivity contribution < 1.29 is 23.1 Å². The fraction of sp³-hybridized carbons (Fsp3) is 0.900. The van der Waals surface area contributed by atoms with Gasteiger partial charge < -0.3 is 10.0 Å². The molecule has 0 aromatic carbocycles. The van der Waals surface area contributed by atoms with Gasteiger partial charge in [-0.25, -0.2) is 0 Å². The minimum atomic E-state index is -4.85. The second kappa shape index (κ2) is 3.91. The number of alkyl halides is 3. The van der Waals surface area contributed by atoms with Gasteiger partial charge in [-0.05, 0) is 24.7 Å². The second-order valence-electron chi connectivity index (χ2n) is 4.64. The summed E-state index contributed by atoms with van der Waals surface area (Å²) in [4.78, 5) is 12.5. The number of aliphatic hydroxyl groups is 1. The van der Waals surface area contributed by atoms with Crippen molar-refractivity contribution in [2.45, 2.75) is 31.5 Å². The molecule has 1 aliphatic carbocycles. The van der Waals surface area contributed by atoms with Gasteiger partial charge in [0.1, 0.15) is 0 Å². The van der Waals surface area contributed by atoms with Crippen LogP contribution in [0.2, 0.25) is 0 Å². The monoisotopic (exact) mass is 237 g/mol. The summed E-state index contributed by atoms with van der Waals surface area (Å²) in [6, 6.07) is 0. The van der Waals surface area contributed by atoms with Gasteiger partial charge in [-0.3, -0.25) is 4.79 Å². The highest BCUT2D eigenvalue weighted by atomic mass is 19.4. The summed E-state index contributed by atoms with van der Waals surface area (Å²) >= 11 is 0. The van der Waals surface area contributed by atoms with E-state index in [0.717, 1.165) is 24.2 Å². The van der Waals surface area contributed by atoms with Crippen molar-refractivity contribution >= 4 is 5.91 Å². The standard InChI is InChI=1S/C10H14F3NO2/c11-10(12,13)8(15)9(16)14-4-6-2-1-3-7(6)5-14/h6-8,15H,1-5H2/t6-,7+,8-/m0/s1. The van der Waals surface area contributed by atoms with Gasteiger partial charge in [-0.15, -0.1) is 0 Å². The Morgan fingerprint density at radius 1 is 1.25 bits per heavy atom. The number of likely N-dealkylation sites (tertiary alicyclic amines) is 1. The van der Waals surface area contributed by atoms with Gasteiger partial charge >= 0.3 is 6.18 Å². The molecule has 0 radical (unpaired) electrons. The lowest BCUT2D eigenvalue weighted by atomic mass is 10.0. The number of carbonyl (C=O) groups is 1. The molecule has 1 saturated heterocycles. The fourth-order valence-corrected chi connectivity index (χ4v) is 2.73. The normalized spacial score (nSPS) is 31.6. The van der Waals surface area contributed by atoms with Crippen LogP contribution in [0.1, 0.15) is 19.3 Å². The van der Waals surface area contributed by atoms with Crippen LogP contribution in [0, 0.1) is 11.8 Å².